The monoisotopic (exact) mass is 201 g/mol. The van der Waals surface area contributed by atoms with Gasteiger partial charge in [-0.1, -0.05) is 0 Å². The zero-order chi connectivity index (χ0) is 10.5. The number of benzene rings is 1. The topological polar surface area (TPSA) is 42.2 Å². The summed E-state index contributed by atoms with van der Waals surface area (Å²) in [6.45, 7) is 0.706. The fraction of sp³-hybridized carbons (Fsp3) is 0.417. The molecular formula is C12H11NO2. The maximum Gasteiger partial charge on any atom is 0.144 e. The summed E-state index contributed by atoms with van der Waals surface area (Å²) in [6.07, 6.45) is 2.29. The van der Waals surface area contributed by atoms with Gasteiger partial charge in [-0.25, -0.2) is 0 Å². The quantitative estimate of drug-likeness (QED) is 0.697. The van der Waals surface area contributed by atoms with Crippen LogP contribution in [0.5, 0.6) is 11.5 Å². The van der Waals surface area contributed by atoms with Gasteiger partial charge in [0.1, 0.15) is 17.6 Å². The summed E-state index contributed by atoms with van der Waals surface area (Å²) in [5.41, 5.74) is 1.90. The van der Waals surface area contributed by atoms with E-state index < -0.39 is 0 Å². The fourth-order valence-electron chi connectivity index (χ4n) is 2.30. The smallest absolute Gasteiger partial charge is 0.144 e. The van der Waals surface area contributed by atoms with E-state index in [1.54, 1.807) is 13.2 Å². The van der Waals surface area contributed by atoms with Crippen molar-refractivity contribution in [1.29, 1.82) is 5.26 Å². The van der Waals surface area contributed by atoms with Crippen molar-refractivity contribution < 1.29 is 9.47 Å². The summed E-state index contributed by atoms with van der Waals surface area (Å²) in [6, 6.07) is 5.79. The number of hydrogen-bond donors (Lipinski definition) is 0. The normalized spacial score (nSPS) is 19.2. The first kappa shape index (κ1) is 8.60. The predicted octanol–water partition coefficient (Wildman–Crippen LogP) is 1.99. The molecule has 76 valence electrons. The molecule has 0 bridgehead atoms. The van der Waals surface area contributed by atoms with Crippen molar-refractivity contribution in [2.75, 3.05) is 13.7 Å². The van der Waals surface area contributed by atoms with Crippen LogP contribution < -0.4 is 9.47 Å². The second-order valence-electron chi connectivity index (χ2n) is 4.20. The molecule has 0 atom stereocenters. The Balaban J connectivity index is 2.26. The number of hydrogen-bond acceptors (Lipinski definition) is 3. The Morgan fingerprint density at radius 1 is 1.47 bits per heavy atom. The largest absolute Gasteiger partial charge is 0.496 e. The van der Waals surface area contributed by atoms with Gasteiger partial charge >= 0.3 is 0 Å². The molecule has 0 amide bonds. The molecule has 3 rings (SSSR count). The first-order valence-corrected chi connectivity index (χ1v) is 5.05. The van der Waals surface area contributed by atoms with Gasteiger partial charge in [0.15, 0.2) is 0 Å². The molecule has 0 unspecified atom stereocenters. The van der Waals surface area contributed by atoms with E-state index in [0.29, 0.717) is 12.2 Å². The molecule has 0 N–H and O–H groups in total. The van der Waals surface area contributed by atoms with Crippen LogP contribution in [0.4, 0.5) is 0 Å². The predicted molar refractivity (Wildman–Crippen MR) is 54.1 cm³/mol. The van der Waals surface area contributed by atoms with Crippen LogP contribution in [-0.2, 0) is 5.41 Å². The van der Waals surface area contributed by atoms with E-state index in [-0.39, 0.29) is 5.41 Å². The molecule has 0 saturated heterocycles. The molecule has 3 nitrogen and oxygen atoms in total. The summed E-state index contributed by atoms with van der Waals surface area (Å²) in [4.78, 5) is 0. The number of nitrogens with zero attached hydrogens (tertiary/aromatic N) is 1. The van der Waals surface area contributed by atoms with Crippen LogP contribution >= 0.6 is 0 Å². The van der Waals surface area contributed by atoms with Crippen molar-refractivity contribution in [3.8, 4) is 17.6 Å². The van der Waals surface area contributed by atoms with E-state index in [1.807, 2.05) is 6.07 Å². The number of ether oxygens (including phenoxy) is 2. The molecule has 1 aromatic carbocycles. The average molecular weight is 201 g/mol. The molecule has 1 saturated carbocycles. The standard InChI is InChI=1S/C12H11NO2/c1-14-9-3-2-8(6-13)11-10(9)12(4-5-12)7-15-11/h2-3H,4-5,7H2,1H3. The minimum absolute atomic E-state index is 0.160. The second kappa shape index (κ2) is 2.66. The van der Waals surface area contributed by atoms with Crippen molar-refractivity contribution in [2.45, 2.75) is 18.3 Å². The van der Waals surface area contributed by atoms with Gasteiger partial charge in [-0.05, 0) is 25.0 Å². The van der Waals surface area contributed by atoms with E-state index >= 15 is 0 Å². The molecule has 3 heteroatoms. The zero-order valence-electron chi connectivity index (χ0n) is 8.54. The molecule has 1 heterocycles. The number of methoxy groups -OCH3 is 1. The zero-order valence-corrected chi connectivity index (χ0v) is 8.54. The minimum Gasteiger partial charge on any atom is -0.496 e. The van der Waals surface area contributed by atoms with Gasteiger partial charge in [-0.2, -0.15) is 5.26 Å². The summed E-state index contributed by atoms with van der Waals surface area (Å²) in [5.74, 6) is 1.60. The van der Waals surface area contributed by atoms with Crippen LogP contribution in [0.1, 0.15) is 24.0 Å². The third-order valence-corrected chi connectivity index (χ3v) is 3.34. The molecular weight excluding hydrogens is 190 g/mol. The Morgan fingerprint density at radius 3 is 2.87 bits per heavy atom. The molecule has 0 aromatic heterocycles. The molecule has 1 spiro atoms. The van der Waals surface area contributed by atoms with Crippen molar-refractivity contribution in [3.05, 3.63) is 23.3 Å². The van der Waals surface area contributed by atoms with E-state index in [2.05, 4.69) is 6.07 Å². The molecule has 1 aliphatic heterocycles. The lowest BCUT2D eigenvalue weighted by atomic mass is 9.95. The van der Waals surface area contributed by atoms with Gasteiger partial charge in [0.2, 0.25) is 0 Å². The number of fused-ring (bicyclic) bond motifs is 2. The lowest BCUT2D eigenvalue weighted by Gasteiger charge is -2.10. The molecule has 15 heavy (non-hydrogen) atoms. The van der Waals surface area contributed by atoms with Gasteiger partial charge in [0.25, 0.3) is 0 Å². The maximum atomic E-state index is 8.99. The van der Waals surface area contributed by atoms with Crippen LogP contribution in [0.15, 0.2) is 12.1 Å². The Bertz CT molecular complexity index is 469. The average Bonchev–Trinajstić information content (AvgIpc) is 2.95. The highest BCUT2D eigenvalue weighted by molar-refractivity contribution is 5.62. The summed E-state index contributed by atoms with van der Waals surface area (Å²) < 4.78 is 11.0. The Morgan fingerprint density at radius 2 is 2.27 bits per heavy atom. The first-order valence-electron chi connectivity index (χ1n) is 5.05. The third kappa shape index (κ3) is 0.992. The second-order valence-corrected chi connectivity index (χ2v) is 4.20. The molecule has 0 radical (unpaired) electrons. The van der Waals surface area contributed by atoms with E-state index in [0.717, 1.165) is 29.9 Å². The highest BCUT2D eigenvalue weighted by Gasteiger charge is 2.53. The Kier molecular flexibility index (Phi) is 1.53. The minimum atomic E-state index is 0.160. The Hall–Kier alpha value is -1.69. The van der Waals surface area contributed by atoms with Gasteiger partial charge in [0.05, 0.1) is 19.3 Å². The number of nitriles is 1. The number of rotatable bonds is 1. The van der Waals surface area contributed by atoms with Gasteiger partial charge in [0, 0.05) is 11.0 Å². The fourth-order valence-corrected chi connectivity index (χ4v) is 2.30. The molecule has 1 fully saturated rings. The lowest BCUT2D eigenvalue weighted by molar-refractivity contribution is 0.322. The van der Waals surface area contributed by atoms with Gasteiger partial charge < -0.3 is 9.47 Å². The summed E-state index contributed by atoms with van der Waals surface area (Å²) >= 11 is 0. The third-order valence-electron chi connectivity index (χ3n) is 3.34. The maximum absolute atomic E-state index is 8.99. The Labute approximate surface area is 88.2 Å². The molecule has 1 aliphatic carbocycles. The van der Waals surface area contributed by atoms with Gasteiger partial charge in [-0.15, -0.1) is 0 Å². The van der Waals surface area contributed by atoms with Gasteiger partial charge in [-0.3, -0.25) is 0 Å². The van der Waals surface area contributed by atoms with Crippen LogP contribution in [0.2, 0.25) is 0 Å². The summed E-state index contributed by atoms with van der Waals surface area (Å²) in [5, 5.41) is 8.99. The lowest BCUT2D eigenvalue weighted by Crippen LogP contribution is -2.08. The van der Waals surface area contributed by atoms with E-state index in [4.69, 9.17) is 14.7 Å². The highest BCUT2D eigenvalue weighted by Crippen LogP contribution is 2.59. The summed E-state index contributed by atoms with van der Waals surface area (Å²) in [7, 11) is 1.66. The van der Waals surface area contributed by atoms with Crippen LogP contribution in [-0.4, -0.2) is 13.7 Å². The van der Waals surface area contributed by atoms with E-state index in [9.17, 15) is 0 Å². The first-order chi connectivity index (χ1) is 7.30. The highest BCUT2D eigenvalue weighted by atomic mass is 16.5. The van der Waals surface area contributed by atoms with Crippen LogP contribution in [0.3, 0.4) is 0 Å². The molecule has 1 aromatic rings. The van der Waals surface area contributed by atoms with Crippen molar-refractivity contribution >= 4 is 0 Å². The van der Waals surface area contributed by atoms with E-state index in [1.165, 1.54) is 0 Å². The molecule has 2 aliphatic rings. The van der Waals surface area contributed by atoms with Crippen molar-refractivity contribution in [2.24, 2.45) is 0 Å². The van der Waals surface area contributed by atoms with Crippen LogP contribution in [0, 0.1) is 11.3 Å². The van der Waals surface area contributed by atoms with Crippen LogP contribution in [0.25, 0.3) is 0 Å². The SMILES string of the molecule is COc1ccc(C#N)c2c1C1(CC1)CO2. The van der Waals surface area contributed by atoms with Crippen molar-refractivity contribution in [1.82, 2.24) is 0 Å². The van der Waals surface area contributed by atoms with Crippen molar-refractivity contribution in [3.63, 3.8) is 0 Å².